The lowest BCUT2D eigenvalue weighted by molar-refractivity contribution is 0.102. The SMILES string of the molecule is CCN(CC)c1ccc(NC(=O)c2ccc(=O)n(Cc3ccc(C)cc3)n2)cc1. The van der Waals surface area contributed by atoms with Crippen LogP contribution in [0.3, 0.4) is 0 Å². The van der Waals surface area contributed by atoms with Gasteiger partial charge in [-0.15, -0.1) is 0 Å². The quantitative estimate of drug-likeness (QED) is 0.668. The molecule has 3 aromatic rings. The first-order valence-electron chi connectivity index (χ1n) is 9.80. The number of hydrogen-bond donors (Lipinski definition) is 1. The van der Waals surface area contributed by atoms with Gasteiger partial charge < -0.3 is 10.2 Å². The molecular weight excluding hydrogens is 364 g/mol. The Morgan fingerprint density at radius 3 is 2.24 bits per heavy atom. The molecule has 0 aliphatic heterocycles. The van der Waals surface area contributed by atoms with Gasteiger partial charge in [0.05, 0.1) is 6.54 Å². The van der Waals surface area contributed by atoms with Crippen molar-refractivity contribution in [3.05, 3.63) is 87.8 Å². The number of rotatable bonds is 7. The third-order valence-electron chi connectivity index (χ3n) is 4.81. The molecule has 0 spiro atoms. The van der Waals surface area contributed by atoms with E-state index in [0.717, 1.165) is 29.9 Å². The summed E-state index contributed by atoms with van der Waals surface area (Å²) in [6.45, 7) is 8.39. The van der Waals surface area contributed by atoms with Crippen LogP contribution in [0.25, 0.3) is 0 Å². The average Bonchev–Trinajstić information content (AvgIpc) is 2.73. The Bertz CT molecular complexity index is 1020. The van der Waals surface area contributed by atoms with Gasteiger partial charge in [-0.05, 0) is 56.7 Å². The van der Waals surface area contributed by atoms with E-state index in [1.54, 1.807) is 0 Å². The van der Waals surface area contributed by atoms with Gasteiger partial charge in [0.1, 0.15) is 5.69 Å². The second kappa shape index (κ2) is 9.19. The number of anilines is 2. The molecule has 0 fully saturated rings. The minimum absolute atomic E-state index is 0.199. The maximum Gasteiger partial charge on any atom is 0.276 e. The lowest BCUT2D eigenvalue weighted by Gasteiger charge is -2.21. The number of amides is 1. The van der Waals surface area contributed by atoms with Crippen LogP contribution in [-0.2, 0) is 6.54 Å². The van der Waals surface area contributed by atoms with Gasteiger partial charge >= 0.3 is 0 Å². The molecule has 29 heavy (non-hydrogen) atoms. The Hall–Kier alpha value is -3.41. The molecule has 0 saturated carbocycles. The van der Waals surface area contributed by atoms with E-state index < -0.39 is 0 Å². The van der Waals surface area contributed by atoms with Gasteiger partial charge in [-0.3, -0.25) is 9.59 Å². The van der Waals surface area contributed by atoms with E-state index in [9.17, 15) is 9.59 Å². The molecule has 1 aromatic heterocycles. The van der Waals surface area contributed by atoms with Crippen LogP contribution in [-0.4, -0.2) is 28.8 Å². The van der Waals surface area contributed by atoms with Crippen LogP contribution in [0, 0.1) is 6.92 Å². The van der Waals surface area contributed by atoms with Gasteiger partial charge in [0, 0.05) is 30.5 Å². The number of aromatic nitrogens is 2. The van der Waals surface area contributed by atoms with Crippen molar-refractivity contribution in [3.63, 3.8) is 0 Å². The fourth-order valence-electron chi connectivity index (χ4n) is 3.09. The third kappa shape index (κ3) is 5.10. The summed E-state index contributed by atoms with van der Waals surface area (Å²) in [6.07, 6.45) is 0. The van der Waals surface area contributed by atoms with E-state index >= 15 is 0 Å². The molecule has 150 valence electrons. The summed E-state index contributed by atoms with van der Waals surface area (Å²) >= 11 is 0. The molecule has 6 heteroatoms. The summed E-state index contributed by atoms with van der Waals surface area (Å²) in [5.74, 6) is -0.349. The van der Waals surface area contributed by atoms with Crippen molar-refractivity contribution in [2.24, 2.45) is 0 Å². The highest BCUT2D eigenvalue weighted by Gasteiger charge is 2.11. The summed E-state index contributed by atoms with van der Waals surface area (Å²) in [4.78, 5) is 27.0. The Morgan fingerprint density at radius 2 is 1.62 bits per heavy atom. The Kier molecular flexibility index (Phi) is 6.44. The van der Waals surface area contributed by atoms with Gasteiger partial charge in [-0.2, -0.15) is 5.10 Å². The highest BCUT2D eigenvalue weighted by atomic mass is 16.2. The number of carbonyl (C=O) groups excluding carboxylic acids is 1. The predicted molar refractivity (Wildman–Crippen MR) is 117 cm³/mol. The molecule has 1 N–H and O–H groups in total. The number of aryl methyl sites for hydroxylation is 1. The van der Waals surface area contributed by atoms with Crippen molar-refractivity contribution in [3.8, 4) is 0 Å². The summed E-state index contributed by atoms with van der Waals surface area (Å²) in [6, 6.07) is 18.4. The fourth-order valence-corrected chi connectivity index (χ4v) is 3.09. The first-order valence-corrected chi connectivity index (χ1v) is 9.80. The predicted octanol–water partition coefficient (Wildman–Crippen LogP) is 3.70. The van der Waals surface area contributed by atoms with Crippen molar-refractivity contribution in [2.45, 2.75) is 27.3 Å². The molecule has 0 aliphatic rings. The topological polar surface area (TPSA) is 67.2 Å². The van der Waals surface area contributed by atoms with Gasteiger partial charge in [0.2, 0.25) is 0 Å². The zero-order valence-corrected chi connectivity index (χ0v) is 17.1. The van der Waals surface area contributed by atoms with E-state index in [4.69, 9.17) is 0 Å². The van der Waals surface area contributed by atoms with E-state index in [1.165, 1.54) is 16.8 Å². The smallest absolute Gasteiger partial charge is 0.276 e. The van der Waals surface area contributed by atoms with Crippen molar-refractivity contribution >= 4 is 17.3 Å². The molecule has 3 rings (SSSR count). The zero-order valence-electron chi connectivity index (χ0n) is 17.1. The van der Waals surface area contributed by atoms with Crippen LogP contribution >= 0.6 is 0 Å². The lowest BCUT2D eigenvalue weighted by Crippen LogP contribution is -2.26. The summed E-state index contributed by atoms with van der Waals surface area (Å²) in [7, 11) is 0. The molecule has 1 amide bonds. The number of nitrogens with zero attached hydrogens (tertiary/aromatic N) is 3. The maximum absolute atomic E-state index is 12.6. The normalized spacial score (nSPS) is 10.6. The van der Waals surface area contributed by atoms with Crippen LogP contribution in [0.5, 0.6) is 0 Å². The average molecular weight is 390 g/mol. The molecule has 0 aliphatic carbocycles. The van der Waals surface area contributed by atoms with Gasteiger partial charge in [0.15, 0.2) is 0 Å². The summed E-state index contributed by atoms with van der Waals surface area (Å²) < 4.78 is 1.31. The highest BCUT2D eigenvalue weighted by molar-refractivity contribution is 6.02. The van der Waals surface area contributed by atoms with Crippen LogP contribution < -0.4 is 15.8 Å². The monoisotopic (exact) mass is 390 g/mol. The molecule has 1 heterocycles. The lowest BCUT2D eigenvalue weighted by atomic mass is 10.1. The van der Waals surface area contributed by atoms with Crippen molar-refractivity contribution in [1.82, 2.24) is 9.78 Å². The van der Waals surface area contributed by atoms with E-state index in [2.05, 4.69) is 29.2 Å². The molecule has 0 atom stereocenters. The summed E-state index contributed by atoms with van der Waals surface area (Å²) in [5.41, 5.74) is 3.85. The number of carbonyl (C=O) groups is 1. The second-order valence-corrected chi connectivity index (χ2v) is 6.87. The van der Waals surface area contributed by atoms with E-state index in [0.29, 0.717) is 12.2 Å². The molecule has 2 aromatic carbocycles. The maximum atomic E-state index is 12.6. The number of hydrogen-bond acceptors (Lipinski definition) is 4. The molecule has 6 nitrogen and oxygen atoms in total. The second-order valence-electron chi connectivity index (χ2n) is 6.87. The Morgan fingerprint density at radius 1 is 0.966 bits per heavy atom. The van der Waals surface area contributed by atoms with Gasteiger partial charge in [0.25, 0.3) is 11.5 Å². The van der Waals surface area contributed by atoms with E-state index in [1.807, 2.05) is 55.5 Å². The first-order chi connectivity index (χ1) is 14.0. The van der Waals surface area contributed by atoms with Crippen molar-refractivity contribution in [2.75, 3.05) is 23.3 Å². The van der Waals surface area contributed by atoms with Crippen LogP contribution in [0.4, 0.5) is 11.4 Å². The van der Waals surface area contributed by atoms with Crippen LogP contribution in [0.2, 0.25) is 0 Å². The van der Waals surface area contributed by atoms with E-state index in [-0.39, 0.29) is 17.2 Å². The molecule has 0 bridgehead atoms. The molecular formula is C23H26N4O2. The fraction of sp³-hybridized carbons (Fsp3) is 0.261. The minimum atomic E-state index is -0.349. The summed E-state index contributed by atoms with van der Waals surface area (Å²) in [5, 5.41) is 7.09. The molecule has 0 unspecified atom stereocenters. The zero-order chi connectivity index (χ0) is 20.8. The van der Waals surface area contributed by atoms with Gasteiger partial charge in [-0.25, -0.2) is 4.68 Å². The van der Waals surface area contributed by atoms with Crippen molar-refractivity contribution in [1.29, 1.82) is 0 Å². The van der Waals surface area contributed by atoms with Gasteiger partial charge in [-0.1, -0.05) is 29.8 Å². The van der Waals surface area contributed by atoms with Crippen LogP contribution in [0.15, 0.2) is 65.5 Å². The highest BCUT2D eigenvalue weighted by Crippen LogP contribution is 2.18. The number of nitrogens with one attached hydrogen (secondary N) is 1. The minimum Gasteiger partial charge on any atom is -0.372 e. The number of benzene rings is 2. The standard InChI is InChI=1S/C23H26N4O2/c1-4-26(5-2)20-12-10-19(11-13-20)24-23(29)21-14-15-22(28)27(25-21)16-18-8-6-17(3)7-9-18/h6-15H,4-5,16H2,1-3H3,(H,24,29). The molecule has 0 radical (unpaired) electrons. The largest absolute Gasteiger partial charge is 0.372 e. The Balaban J connectivity index is 1.74. The van der Waals surface area contributed by atoms with Crippen molar-refractivity contribution < 1.29 is 4.79 Å². The third-order valence-corrected chi connectivity index (χ3v) is 4.81. The first kappa shape index (κ1) is 20.3. The Labute approximate surface area is 170 Å². The molecule has 0 saturated heterocycles. The van der Waals surface area contributed by atoms with Crippen LogP contribution in [0.1, 0.15) is 35.5 Å².